The largest absolute Gasteiger partial charge is 0.408 e. The molecule has 0 saturated heterocycles. The summed E-state index contributed by atoms with van der Waals surface area (Å²) in [4.78, 5) is 13.8. The van der Waals surface area contributed by atoms with Crippen molar-refractivity contribution in [3.8, 4) is 0 Å². The van der Waals surface area contributed by atoms with Gasteiger partial charge in [-0.25, -0.2) is 0 Å². The van der Waals surface area contributed by atoms with Crippen molar-refractivity contribution in [1.82, 2.24) is 14.7 Å². The highest BCUT2D eigenvalue weighted by molar-refractivity contribution is 5.98. The molecule has 1 aromatic rings. The topological polar surface area (TPSA) is 64.2 Å². The fraction of sp³-hybridized carbons (Fsp3) is 0.667. The Bertz CT molecular complexity index is 450. The predicted octanol–water partition coefficient (Wildman–Crippen LogP) is 2.29. The summed E-state index contributed by atoms with van der Waals surface area (Å²) in [6, 6.07) is 0. The van der Waals surface area contributed by atoms with Crippen molar-refractivity contribution in [2.75, 3.05) is 18.8 Å². The minimum Gasteiger partial charge on any atom is -0.382 e. The van der Waals surface area contributed by atoms with Gasteiger partial charge in [-0.1, -0.05) is 13.8 Å². The lowest BCUT2D eigenvalue weighted by molar-refractivity contribution is -0.142. The molecule has 114 valence electrons. The summed E-state index contributed by atoms with van der Waals surface area (Å²) in [5.74, 6) is -0.545. The van der Waals surface area contributed by atoms with E-state index in [9.17, 15) is 18.0 Å². The van der Waals surface area contributed by atoms with E-state index in [2.05, 4.69) is 5.10 Å². The van der Waals surface area contributed by atoms with Gasteiger partial charge < -0.3 is 10.6 Å². The number of carbonyl (C=O) groups is 1. The average molecular weight is 292 g/mol. The van der Waals surface area contributed by atoms with Crippen molar-refractivity contribution in [2.24, 2.45) is 0 Å². The van der Waals surface area contributed by atoms with Crippen molar-refractivity contribution < 1.29 is 18.0 Å². The van der Waals surface area contributed by atoms with Gasteiger partial charge in [0.05, 0.1) is 0 Å². The number of alkyl halides is 3. The third kappa shape index (κ3) is 4.43. The van der Waals surface area contributed by atoms with E-state index in [4.69, 9.17) is 5.73 Å². The summed E-state index contributed by atoms with van der Waals surface area (Å²) < 4.78 is 37.5. The lowest BCUT2D eigenvalue weighted by Crippen LogP contribution is -2.32. The molecular formula is C12H19F3N4O. The number of rotatable bonds is 6. The molecule has 1 amide bonds. The molecule has 5 nitrogen and oxygen atoms in total. The Labute approximate surface area is 115 Å². The third-order valence-corrected chi connectivity index (χ3v) is 2.64. The van der Waals surface area contributed by atoms with Crippen molar-refractivity contribution in [3.63, 3.8) is 0 Å². The molecule has 0 bridgehead atoms. The number of aromatic nitrogens is 2. The minimum absolute atomic E-state index is 0.0242. The van der Waals surface area contributed by atoms with Crippen LogP contribution in [-0.4, -0.2) is 39.9 Å². The van der Waals surface area contributed by atoms with E-state index >= 15 is 0 Å². The van der Waals surface area contributed by atoms with Gasteiger partial charge in [0.2, 0.25) is 0 Å². The van der Waals surface area contributed by atoms with Crippen molar-refractivity contribution in [3.05, 3.63) is 11.8 Å². The van der Waals surface area contributed by atoms with Gasteiger partial charge in [0, 0.05) is 19.3 Å². The molecule has 0 spiro atoms. The number of halogens is 3. The first-order valence-corrected chi connectivity index (χ1v) is 6.47. The Morgan fingerprint density at radius 3 is 2.35 bits per heavy atom. The minimum atomic E-state index is -4.40. The quantitative estimate of drug-likeness (QED) is 0.875. The molecule has 0 aliphatic rings. The van der Waals surface area contributed by atoms with Gasteiger partial charge in [-0.3, -0.25) is 9.48 Å². The predicted molar refractivity (Wildman–Crippen MR) is 69.2 cm³/mol. The van der Waals surface area contributed by atoms with Crippen LogP contribution in [0, 0.1) is 0 Å². The van der Waals surface area contributed by atoms with E-state index in [0.717, 1.165) is 19.0 Å². The van der Waals surface area contributed by atoms with Crippen LogP contribution < -0.4 is 5.73 Å². The summed E-state index contributed by atoms with van der Waals surface area (Å²) in [6.07, 6.45) is -1.81. The van der Waals surface area contributed by atoms with E-state index in [1.165, 1.54) is 0 Å². The zero-order chi connectivity index (χ0) is 15.3. The molecule has 0 aromatic carbocycles. The first kappa shape index (κ1) is 16.3. The zero-order valence-corrected chi connectivity index (χ0v) is 11.6. The molecule has 0 unspecified atom stereocenters. The molecule has 2 N–H and O–H groups in total. The third-order valence-electron chi connectivity index (χ3n) is 2.64. The summed E-state index contributed by atoms with van der Waals surface area (Å²) in [6.45, 7) is 3.66. The van der Waals surface area contributed by atoms with E-state index in [-0.39, 0.29) is 17.3 Å². The van der Waals surface area contributed by atoms with Gasteiger partial charge >= 0.3 is 6.18 Å². The van der Waals surface area contributed by atoms with Gasteiger partial charge in [-0.05, 0) is 12.8 Å². The Morgan fingerprint density at radius 2 is 1.90 bits per heavy atom. The highest BCUT2D eigenvalue weighted by Crippen LogP contribution is 2.20. The Kier molecular flexibility index (Phi) is 5.41. The second-order valence-electron chi connectivity index (χ2n) is 4.53. The molecule has 1 aromatic heterocycles. The lowest BCUT2D eigenvalue weighted by Gasteiger charge is -2.20. The highest BCUT2D eigenvalue weighted by atomic mass is 19.4. The van der Waals surface area contributed by atoms with E-state index in [0.29, 0.717) is 17.8 Å². The van der Waals surface area contributed by atoms with Crippen LogP contribution in [0.25, 0.3) is 0 Å². The highest BCUT2D eigenvalue weighted by Gasteiger charge is 2.30. The summed E-state index contributed by atoms with van der Waals surface area (Å²) in [7, 11) is 0. The van der Waals surface area contributed by atoms with Gasteiger partial charge in [-0.2, -0.15) is 18.3 Å². The first-order chi connectivity index (χ1) is 9.28. The average Bonchev–Trinajstić information content (AvgIpc) is 2.66. The second-order valence-corrected chi connectivity index (χ2v) is 4.53. The number of anilines is 1. The number of nitrogens with two attached hydrogens (primary N) is 1. The summed E-state index contributed by atoms with van der Waals surface area (Å²) in [5.41, 5.74) is 5.57. The molecule has 0 saturated carbocycles. The van der Waals surface area contributed by atoms with Crippen LogP contribution >= 0.6 is 0 Å². The fourth-order valence-corrected chi connectivity index (χ4v) is 1.89. The SMILES string of the molecule is CCCN(CCC)C(=O)c1cn(CC(F)(F)F)nc1N. The van der Waals surface area contributed by atoms with Crippen LogP contribution in [0.2, 0.25) is 0 Å². The number of hydrogen-bond acceptors (Lipinski definition) is 3. The maximum Gasteiger partial charge on any atom is 0.408 e. The maximum atomic E-state index is 12.3. The van der Waals surface area contributed by atoms with Crippen molar-refractivity contribution in [2.45, 2.75) is 39.4 Å². The van der Waals surface area contributed by atoms with Crippen LogP contribution in [0.3, 0.4) is 0 Å². The Hall–Kier alpha value is -1.73. The van der Waals surface area contributed by atoms with Crippen LogP contribution in [0.1, 0.15) is 37.0 Å². The number of amides is 1. The zero-order valence-electron chi connectivity index (χ0n) is 11.6. The number of nitrogen functional groups attached to an aromatic ring is 1. The van der Waals surface area contributed by atoms with E-state index < -0.39 is 12.7 Å². The fourth-order valence-electron chi connectivity index (χ4n) is 1.89. The van der Waals surface area contributed by atoms with E-state index in [1.807, 2.05) is 13.8 Å². The van der Waals surface area contributed by atoms with Gasteiger partial charge in [0.1, 0.15) is 12.1 Å². The molecule has 1 heterocycles. The Morgan fingerprint density at radius 1 is 1.35 bits per heavy atom. The monoisotopic (exact) mass is 292 g/mol. The standard InChI is InChI=1S/C12H19F3N4O/c1-3-5-18(6-4-2)11(20)9-7-19(17-10(9)16)8-12(13,14)15/h7H,3-6,8H2,1-2H3,(H2,16,17). The van der Waals surface area contributed by atoms with Gasteiger partial charge in [0.25, 0.3) is 5.91 Å². The van der Waals surface area contributed by atoms with Crippen molar-refractivity contribution >= 4 is 11.7 Å². The smallest absolute Gasteiger partial charge is 0.382 e. The molecule has 0 aliphatic carbocycles. The molecule has 0 fully saturated rings. The Balaban J connectivity index is 2.92. The van der Waals surface area contributed by atoms with Crippen LogP contribution in [0.5, 0.6) is 0 Å². The van der Waals surface area contributed by atoms with Crippen LogP contribution in [-0.2, 0) is 6.54 Å². The first-order valence-electron chi connectivity index (χ1n) is 6.47. The maximum absolute atomic E-state index is 12.3. The van der Waals surface area contributed by atoms with Crippen LogP contribution in [0.4, 0.5) is 19.0 Å². The second kappa shape index (κ2) is 6.62. The summed E-state index contributed by atoms with van der Waals surface area (Å²) in [5, 5.41) is 3.55. The number of nitrogens with zero attached hydrogens (tertiary/aromatic N) is 3. The van der Waals surface area contributed by atoms with Gasteiger partial charge in [-0.15, -0.1) is 0 Å². The molecule has 20 heavy (non-hydrogen) atoms. The van der Waals surface area contributed by atoms with E-state index in [1.54, 1.807) is 4.90 Å². The number of hydrogen-bond donors (Lipinski definition) is 1. The lowest BCUT2D eigenvalue weighted by atomic mass is 10.2. The van der Waals surface area contributed by atoms with Crippen molar-refractivity contribution in [1.29, 1.82) is 0 Å². The molecule has 0 aliphatic heterocycles. The molecule has 0 radical (unpaired) electrons. The molecule has 1 rings (SSSR count). The molecule has 8 heteroatoms. The summed E-state index contributed by atoms with van der Waals surface area (Å²) >= 11 is 0. The molecular weight excluding hydrogens is 273 g/mol. The van der Waals surface area contributed by atoms with Crippen LogP contribution in [0.15, 0.2) is 6.20 Å². The normalized spacial score (nSPS) is 11.7. The molecule has 0 atom stereocenters. The number of carbonyl (C=O) groups excluding carboxylic acids is 1. The van der Waals surface area contributed by atoms with Gasteiger partial charge in [0.15, 0.2) is 5.82 Å².